The van der Waals surface area contributed by atoms with E-state index in [0.29, 0.717) is 6.42 Å². The van der Waals surface area contributed by atoms with E-state index in [1.807, 2.05) is 19.9 Å². The molecule has 0 spiro atoms. The van der Waals surface area contributed by atoms with Crippen molar-refractivity contribution in [2.45, 2.75) is 52.9 Å². The van der Waals surface area contributed by atoms with Gasteiger partial charge in [0, 0.05) is 6.42 Å². The molecule has 0 rings (SSSR count). The highest BCUT2D eigenvalue weighted by atomic mass is 19.3. The number of carbonyl (C=O) groups excluding carboxylic acids is 2. The molecule has 0 aliphatic rings. The van der Waals surface area contributed by atoms with E-state index in [1.54, 1.807) is 6.92 Å². The van der Waals surface area contributed by atoms with Gasteiger partial charge in [0.25, 0.3) is 0 Å². The Bertz CT molecular complexity index is 345. The maximum Gasteiger partial charge on any atom is 0.399 e. The first kappa shape index (κ1) is 17.7. The average Bonchev–Trinajstić information content (AvgIpc) is 2.28. The molecule has 0 bridgehead atoms. The number of Topliss-reactive ketones (excluding diaryl/α,β-unsaturated/α-hetero) is 1. The van der Waals surface area contributed by atoms with Crippen LogP contribution in [0.15, 0.2) is 11.6 Å². The van der Waals surface area contributed by atoms with Crippen molar-refractivity contribution in [2.24, 2.45) is 5.92 Å². The lowest BCUT2D eigenvalue weighted by molar-refractivity contribution is -0.176. The fourth-order valence-electron chi connectivity index (χ4n) is 1.54. The second-order valence-electron chi connectivity index (χ2n) is 4.89. The van der Waals surface area contributed by atoms with Gasteiger partial charge in [-0.3, -0.25) is 4.79 Å². The Morgan fingerprint density at radius 1 is 1.32 bits per heavy atom. The van der Waals surface area contributed by atoms with E-state index in [2.05, 4.69) is 4.74 Å². The van der Waals surface area contributed by atoms with Crippen molar-refractivity contribution in [2.75, 3.05) is 6.61 Å². The van der Waals surface area contributed by atoms with Crippen molar-refractivity contribution < 1.29 is 23.1 Å². The van der Waals surface area contributed by atoms with Gasteiger partial charge in [-0.1, -0.05) is 18.6 Å². The lowest BCUT2D eigenvalue weighted by Crippen LogP contribution is -2.40. The van der Waals surface area contributed by atoms with Crippen LogP contribution in [-0.4, -0.2) is 24.3 Å². The summed E-state index contributed by atoms with van der Waals surface area (Å²) in [5.41, 5.74) is 1.15. The summed E-state index contributed by atoms with van der Waals surface area (Å²) in [4.78, 5) is 22.4. The standard InChI is InChI=1S/C14H22F2O3/c1-5-19-13(18)14(15,16)12(17)9-11(4)8-6-7-10(2)3/h7,11H,5-6,8-9H2,1-4H3/t11-/m1/s1. The molecule has 19 heavy (non-hydrogen) atoms. The van der Waals surface area contributed by atoms with Crippen molar-refractivity contribution in [3.63, 3.8) is 0 Å². The molecule has 5 heteroatoms. The third kappa shape index (κ3) is 6.45. The predicted octanol–water partition coefficient (Wildman–Crippen LogP) is 3.53. The lowest BCUT2D eigenvalue weighted by Gasteiger charge is -2.16. The Labute approximate surface area is 113 Å². The highest BCUT2D eigenvalue weighted by molar-refractivity contribution is 6.05. The highest BCUT2D eigenvalue weighted by Crippen LogP contribution is 2.23. The molecule has 0 saturated carbocycles. The molecule has 0 saturated heterocycles. The summed E-state index contributed by atoms with van der Waals surface area (Å²) in [6.07, 6.45) is 3.05. The quantitative estimate of drug-likeness (QED) is 0.387. The first-order valence-corrected chi connectivity index (χ1v) is 6.43. The summed E-state index contributed by atoms with van der Waals surface area (Å²) in [5, 5.41) is 0. The summed E-state index contributed by atoms with van der Waals surface area (Å²) in [7, 11) is 0. The molecule has 0 amide bonds. The van der Waals surface area contributed by atoms with E-state index < -0.39 is 17.7 Å². The minimum atomic E-state index is -4.03. The zero-order valence-electron chi connectivity index (χ0n) is 12.0. The SMILES string of the molecule is CCOC(=O)C(F)(F)C(=O)C[C@H](C)CCC=C(C)C. The van der Waals surface area contributed by atoms with Crippen molar-refractivity contribution in [1.29, 1.82) is 0 Å². The number of allylic oxidation sites excluding steroid dienone is 2. The van der Waals surface area contributed by atoms with Gasteiger partial charge in [-0.05, 0) is 39.5 Å². The predicted molar refractivity (Wildman–Crippen MR) is 69.0 cm³/mol. The van der Waals surface area contributed by atoms with Crippen LogP contribution in [0.4, 0.5) is 8.78 Å². The van der Waals surface area contributed by atoms with Crippen LogP contribution in [0.25, 0.3) is 0 Å². The van der Waals surface area contributed by atoms with E-state index in [0.717, 1.165) is 12.0 Å². The number of ketones is 1. The van der Waals surface area contributed by atoms with Crippen molar-refractivity contribution in [3.8, 4) is 0 Å². The van der Waals surface area contributed by atoms with E-state index in [4.69, 9.17) is 0 Å². The Morgan fingerprint density at radius 2 is 1.89 bits per heavy atom. The smallest absolute Gasteiger partial charge is 0.399 e. The number of esters is 1. The molecule has 0 aliphatic carbocycles. The molecule has 0 aliphatic heterocycles. The molecule has 0 heterocycles. The van der Waals surface area contributed by atoms with Crippen molar-refractivity contribution in [3.05, 3.63) is 11.6 Å². The fraction of sp³-hybridized carbons (Fsp3) is 0.714. The lowest BCUT2D eigenvalue weighted by atomic mass is 9.96. The number of hydrogen-bond acceptors (Lipinski definition) is 3. The fourth-order valence-corrected chi connectivity index (χ4v) is 1.54. The van der Waals surface area contributed by atoms with Crippen LogP contribution in [0.5, 0.6) is 0 Å². The molecule has 0 aromatic rings. The topological polar surface area (TPSA) is 43.4 Å². The van der Waals surface area contributed by atoms with Gasteiger partial charge in [0.05, 0.1) is 6.61 Å². The first-order chi connectivity index (χ1) is 8.71. The minimum absolute atomic E-state index is 0.169. The van der Waals surface area contributed by atoms with Crippen molar-refractivity contribution in [1.82, 2.24) is 0 Å². The average molecular weight is 276 g/mol. The molecule has 1 atom stereocenters. The van der Waals surface area contributed by atoms with E-state index in [-0.39, 0.29) is 18.9 Å². The number of ether oxygens (including phenoxy) is 1. The van der Waals surface area contributed by atoms with Gasteiger partial charge < -0.3 is 4.74 Å². The highest BCUT2D eigenvalue weighted by Gasteiger charge is 2.48. The molecule has 3 nitrogen and oxygen atoms in total. The number of alkyl halides is 2. The molecule has 0 aromatic heterocycles. The number of halogens is 2. The third-order valence-electron chi connectivity index (χ3n) is 2.63. The van der Waals surface area contributed by atoms with Gasteiger partial charge >= 0.3 is 11.9 Å². The summed E-state index contributed by atoms with van der Waals surface area (Å²) in [6.45, 7) is 6.87. The van der Waals surface area contributed by atoms with Crippen molar-refractivity contribution >= 4 is 11.8 Å². The van der Waals surface area contributed by atoms with Gasteiger partial charge in [0.2, 0.25) is 5.78 Å². The van der Waals surface area contributed by atoms with Gasteiger partial charge in [-0.15, -0.1) is 0 Å². The van der Waals surface area contributed by atoms with Crippen LogP contribution < -0.4 is 0 Å². The van der Waals surface area contributed by atoms with Crippen LogP contribution in [0, 0.1) is 5.92 Å². The van der Waals surface area contributed by atoms with Crippen LogP contribution in [0.3, 0.4) is 0 Å². The Balaban J connectivity index is 4.35. The summed E-state index contributed by atoms with van der Waals surface area (Å²) < 4.78 is 30.9. The van der Waals surface area contributed by atoms with Gasteiger partial charge in [-0.25, -0.2) is 4.79 Å². The third-order valence-corrected chi connectivity index (χ3v) is 2.63. The Kier molecular flexibility index (Phi) is 7.49. The second kappa shape index (κ2) is 8.02. The monoisotopic (exact) mass is 276 g/mol. The summed E-state index contributed by atoms with van der Waals surface area (Å²) in [5.74, 6) is -7.34. The van der Waals surface area contributed by atoms with Crippen LogP contribution in [0.1, 0.15) is 47.0 Å². The van der Waals surface area contributed by atoms with Crippen LogP contribution >= 0.6 is 0 Å². The molecule has 0 fully saturated rings. The van der Waals surface area contributed by atoms with E-state index >= 15 is 0 Å². The molecular formula is C14H22F2O3. The number of carbonyl (C=O) groups is 2. The zero-order valence-corrected chi connectivity index (χ0v) is 12.0. The Hall–Kier alpha value is -1.26. The molecule has 0 unspecified atom stereocenters. The maximum absolute atomic E-state index is 13.4. The Morgan fingerprint density at radius 3 is 2.37 bits per heavy atom. The van der Waals surface area contributed by atoms with Crippen LogP contribution in [-0.2, 0) is 14.3 Å². The van der Waals surface area contributed by atoms with Crippen LogP contribution in [0.2, 0.25) is 0 Å². The molecule has 0 radical (unpaired) electrons. The largest absolute Gasteiger partial charge is 0.461 e. The number of hydrogen-bond donors (Lipinski definition) is 0. The molecule has 110 valence electrons. The number of rotatable bonds is 8. The zero-order chi connectivity index (χ0) is 15.1. The first-order valence-electron chi connectivity index (χ1n) is 6.43. The molecular weight excluding hydrogens is 254 g/mol. The summed E-state index contributed by atoms with van der Waals surface area (Å²) >= 11 is 0. The van der Waals surface area contributed by atoms with Gasteiger partial charge in [0.1, 0.15) is 0 Å². The normalized spacial score (nSPS) is 12.7. The van der Waals surface area contributed by atoms with Gasteiger partial charge in [-0.2, -0.15) is 8.78 Å². The maximum atomic E-state index is 13.4. The van der Waals surface area contributed by atoms with Gasteiger partial charge in [0.15, 0.2) is 0 Å². The molecule has 0 aromatic carbocycles. The van der Waals surface area contributed by atoms with E-state index in [1.165, 1.54) is 6.92 Å². The molecule has 0 N–H and O–H groups in total. The van der Waals surface area contributed by atoms with E-state index in [9.17, 15) is 18.4 Å². The second-order valence-corrected chi connectivity index (χ2v) is 4.89. The minimum Gasteiger partial charge on any atom is -0.461 e. The summed E-state index contributed by atoms with van der Waals surface area (Å²) in [6, 6.07) is 0.